The Kier molecular flexibility index (Phi) is 5.42. The summed E-state index contributed by atoms with van der Waals surface area (Å²) < 4.78 is 20.0. The van der Waals surface area contributed by atoms with Crippen LogP contribution in [-0.4, -0.2) is 68.3 Å². The number of carbonyl (C=O) groups excluding carboxylic acids is 1. The molecule has 0 aliphatic carbocycles. The monoisotopic (exact) mass is 301 g/mol. The van der Waals surface area contributed by atoms with Crippen LogP contribution in [0.3, 0.4) is 0 Å². The number of amides is 1. The van der Waals surface area contributed by atoms with Crippen molar-refractivity contribution in [3.8, 4) is 0 Å². The number of aliphatic hydroxyl groups excluding tert-OH is 3. The molecule has 0 aromatic carbocycles. The van der Waals surface area contributed by atoms with Gasteiger partial charge in [0.25, 0.3) is 0 Å². The van der Waals surface area contributed by atoms with Gasteiger partial charge in [0.2, 0.25) is 5.91 Å². The summed E-state index contributed by atoms with van der Waals surface area (Å²) in [4.78, 5) is 28.5. The van der Waals surface area contributed by atoms with E-state index in [1.165, 1.54) is 0 Å². The number of aliphatic hydroxyl groups is 3. The Morgan fingerprint density at radius 2 is 2.00 bits per heavy atom. The fourth-order valence-electron chi connectivity index (χ4n) is 1.76. The van der Waals surface area contributed by atoms with Crippen molar-refractivity contribution in [3.05, 3.63) is 0 Å². The first kappa shape index (κ1) is 16.5. The maximum absolute atomic E-state index is 11.0. The van der Waals surface area contributed by atoms with E-state index >= 15 is 0 Å². The fraction of sp³-hybridized carbons (Fsp3) is 0.875. The molecule has 1 fully saturated rings. The van der Waals surface area contributed by atoms with E-state index in [1.54, 1.807) is 0 Å². The molecule has 1 aliphatic rings. The zero-order valence-electron chi connectivity index (χ0n) is 9.91. The van der Waals surface area contributed by atoms with Crippen LogP contribution in [0.15, 0.2) is 0 Å². The fourth-order valence-corrected chi connectivity index (χ4v) is 2.33. The Hall–Kier alpha value is -0.580. The number of ether oxygens (including phenoxy) is 1. The van der Waals surface area contributed by atoms with Gasteiger partial charge in [0.05, 0.1) is 6.61 Å². The van der Waals surface area contributed by atoms with Crippen molar-refractivity contribution in [1.82, 2.24) is 5.32 Å². The lowest BCUT2D eigenvalue weighted by molar-refractivity contribution is -0.251. The third-order valence-electron chi connectivity index (χ3n) is 2.50. The maximum atomic E-state index is 11.0. The smallest absolute Gasteiger partial charge is 0.394 e. The van der Waals surface area contributed by atoms with E-state index in [-0.39, 0.29) is 0 Å². The van der Waals surface area contributed by atoms with Crippen LogP contribution in [-0.2, 0) is 18.6 Å². The van der Waals surface area contributed by atoms with Gasteiger partial charge in [0.1, 0.15) is 24.4 Å². The molecule has 0 bridgehead atoms. The Bertz CT molecular complexity index is 371. The SMILES string of the molecule is CC(=O)N[C@@H]1[C@@H](OP(=O)(O)O)[C@H](O)[C@@H](CO)O[C@H]1O. The minimum absolute atomic E-state index is 0.624. The molecule has 0 spiro atoms. The number of hydrogen-bond acceptors (Lipinski definition) is 7. The maximum Gasteiger partial charge on any atom is 0.470 e. The second-order valence-corrected chi connectivity index (χ2v) is 5.22. The van der Waals surface area contributed by atoms with Gasteiger partial charge in [-0.05, 0) is 0 Å². The Morgan fingerprint density at radius 1 is 1.42 bits per heavy atom. The molecule has 0 saturated carbocycles. The van der Waals surface area contributed by atoms with Crippen molar-refractivity contribution < 1.29 is 43.7 Å². The summed E-state index contributed by atoms with van der Waals surface area (Å²) in [5.74, 6) is -0.624. The van der Waals surface area contributed by atoms with Crippen LogP contribution in [0.1, 0.15) is 6.92 Å². The van der Waals surface area contributed by atoms with Gasteiger partial charge < -0.3 is 35.2 Å². The number of nitrogens with one attached hydrogen (secondary N) is 1. The number of rotatable bonds is 4. The molecule has 0 unspecified atom stereocenters. The number of phosphoric ester groups is 1. The van der Waals surface area contributed by atoms with E-state index in [0.29, 0.717) is 0 Å². The molecule has 1 heterocycles. The molecule has 19 heavy (non-hydrogen) atoms. The van der Waals surface area contributed by atoms with Gasteiger partial charge in [-0.2, -0.15) is 0 Å². The van der Waals surface area contributed by atoms with Crippen molar-refractivity contribution in [3.63, 3.8) is 0 Å². The molecule has 0 aromatic heterocycles. The lowest BCUT2D eigenvalue weighted by Gasteiger charge is -2.42. The van der Waals surface area contributed by atoms with E-state index < -0.39 is 51.0 Å². The largest absolute Gasteiger partial charge is 0.470 e. The highest BCUT2D eigenvalue weighted by atomic mass is 31.2. The molecule has 11 heteroatoms. The van der Waals surface area contributed by atoms with E-state index in [1.807, 2.05) is 0 Å². The van der Waals surface area contributed by atoms with E-state index in [2.05, 4.69) is 9.84 Å². The van der Waals surface area contributed by atoms with Crippen molar-refractivity contribution in [2.75, 3.05) is 6.61 Å². The van der Waals surface area contributed by atoms with Gasteiger partial charge in [-0.15, -0.1) is 0 Å². The molecule has 1 amide bonds. The molecule has 0 aromatic rings. The second-order valence-electron chi connectivity index (χ2n) is 4.03. The summed E-state index contributed by atoms with van der Waals surface area (Å²) in [5, 5.41) is 30.5. The average Bonchev–Trinajstić information content (AvgIpc) is 2.26. The summed E-state index contributed by atoms with van der Waals surface area (Å²) in [7, 11) is -4.98. The first-order valence-electron chi connectivity index (χ1n) is 5.29. The molecule has 5 atom stereocenters. The lowest BCUT2D eigenvalue weighted by Crippen LogP contribution is -2.64. The summed E-state index contributed by atoms with van der Waals surface area (Å²) in [6.07, 6.45) is -6.26. The lowest BCUT2D eigenvalue weighted by atomic mass is 9.97. The van der Waals surface area contributed by atoms with Crippen LogP contribution >= 0.6 is 7.82 Å². The molecule has 0 radical (unpaired) electrons. The Labute approximate surface area is 108 Å². The van der Waals surface area contributed by atoms with Gasteiger partial charge >= 0.3 is 7.82 Å². The zero-order valence-corrected chi connectivity index (χ0v) is 10.8. The minimum Gasteiger partial charge on any atom is -0.394 e. The predicted molar refractivity (Wildman–Crippen MR) is 58.5 cm³/mol. The van der Waals surface area contributed by atoms with Crippen molar-refractivity contribution in [2.45, 2.75) is 37.6 Å². The highest BCUT2D eigenvalue weighted by Gasteiger charge is 2.48. The third kappa shape index (κ3) is 4.48. The summed E-state index contributed by atoms with van der Waals surface area (Å²) in [6, 6.07) is -1.39. The predicted octanol–water partition coefficient (Wildman–Crippen LogP) is -2.96. The first-order chi connectivity index (χ1) is 8.65. The molecule has 6 N–H and O–H groups in total. The van der Waals surface area contributed by atoms with Gasteiger partial charge in [-0.1, -0.05) is 0 Å². The highest BCUT2D eigenvalue weighted by Crippen LogP contribution is 2.41. The van der Waals surface area contributed by atoms with Crippen LogP contribution in [0.4, 0.5) is 0 Å². The molecular formula is C8H16NO9P. The molecule has 10 nitrogen and oxygen atoms in total. The van der Waals surface area contributed by atoms with Crippen LogP contribution in [0.2, 0.25) is 0 Å². The summed E-state index contributed by atoms with van der Waals surface area (Å²) in [6.45, 7) is 0.401. The normalized spacial score (nSPS) is 36.0. The summed E-state index contributed by atoms with van der Waals surface area (Å²) in [5.41, 5.74) is 0. The van der Waals surface area contributed by atoms with Crippen molar-refractivity contribution in [2.24, 2.45) is 0 Å². The molecule has 1 aliphatic heterocycles. The minimum atomic E-state index is -4.98. The van der Waals surface area contributed by atoms with Crippen LogP contribution in [0.25, 0.3) is 0 Å². The zero-order chi connectivity index (χ0) is 14.8. The quantitative estimate of drug-likeness (QED) is 0.297. The molecular weight excluding hydrogens is 285 g/mol. The van der Waals surface area contributed by atoms with Crippen molar-refractivity contribution >= 4 is 13.7 Å². The molecule has 1 saturated heterocycles. The Balaban J connectivity index is 2.96. The van der Waals surface area contributed by atoms with E-state index in [9.17, 15) is 19.6 Å². The number of carbonyl (C=O) groups is 1. The van der Waals surface area contributed by atoms with Crippen LogP contribution in [0, 0.1) is 0 Å². The van der Waals surface area contributed by atoms with Crippen LogP contribution in [0.5, 0.6) is 0 Å². The number of phosphoric acid groups is 1. The van der Waals surface area contributed by atoms with Gasteiger partial charge in [-0.3, -0.25) is 9.32 Å². The topological polar surface area (TPSA) is 166 Å². The molecule has 1 rings (SSSR count). The number of hydrogen-bond donors (Lipinski definition) is 6. The molecule has 112 valence electrons. The van der Waals surface area contributed by atoms with Gasteiger partial charge in [0, 0.05) is 6.92 Å². The van der Waals surface area contributed by atoms with E-state index in [0.717, 1.165) is 6.92 Å². The van der Waals surface area contributed by atoms with Gasteiger partial charge in [0.15, 0.2) is 6.29 Å². The first-order valence-corrected chi connectivity index (χ1v) is 6.82. The summed E-state index contributed by atoms with van der Waals surface area (Å²) >= 11 is 0. The second kappa shape index (κ2) is 6.25. The standard InChI is InChI=1S/C8H16NO9P/c1-3(11)9-5-7(18-19(14,15)16)6(12)4(2-10)17-8(5)13/h4-8,10,12-13H,2H2,1H3,(H,9,11)(H2,14,15,16)/t4-,5-,6-,7-,8-/m1/s1. The average molecular weight is 301 g/mol. The van der Waals surface area contributed by atoms with Crippen LogP contribution < -0.4 is 5.32 Å². The van der Waals surface area contributed by atoms with E-state index in [4.69, 9.17) is 19.6 Å². The van der Waals surface area contributed by atoms with Gasteiger partial charge in [-0.25, -0.2) is 4.57 Å². The third-order valence-corrected chi connectivity index (χ3v) is 3.02. The Morgan fingerprint density at radius 3 is 2.42 bits per heavy atom. The highest BCUT2D eigenvalue weighted by molar-refractivity contribution is 7.46. The van der Waals surface area contributed by atoms with Crippen molar-refractivity contribution in [1.29, 1.82) is 0 Å².